The number of nitrogens with one attached hydrogen (secondary N) is 2. The van der Waals surface area contributed by atoms with E-state index in [-0.39, 0.29) is 5.91 Å². The third-order valence-electron chi connectivity index (χ3n) is 3.39. The molecule has 0 saturated heterocycles. The van der Waals surface area contributed by atoms with Crippen molar-refractivity contribution in [2.24, 2.45) is 5.10 Å². The average molecular weight is 311 g/mol. The number of aryl methyl sites for hydroxylation is 1. The zero-order chi connectivity index (χ0) is 16.7. The van der Waals surface area contributed by atoms with E-state index in [0.29, 0.717) is 0 Å². The molecule has 0 aromatic heterocycles. The average Bonchev–Trinajstić information content (AvgIpc) is 2.57. The molecule has 0 fully saturated rings. The molecule has 2 aromatic rings. The highest BCUT2D eigenvalue weighted by Gasteiger charge is 2.12. The molecule has 1 unspecified atom stereocenters. The first-order chi connectivity index (χ1) is 11.1. The van der Waals surface area contributed by atoms with Crippen molar-refractivity contribution in [3.05, 3.63) is 59.7 Å². The maximum atomic E-state index is 12.1. The number of carbonyl (C=O) groups is 1. The fraction of sp³-hybridized carbons (Fsp3) is 0.222. The van der Waals surface area contributed by atoms with Crippen molar-refractivity contribution in [3.8, 4) is 5.75 Å². The minimum Gasteiger partial charge on any atom is -0.497 e. The molecule has 2 aromatic carbocycles. The summed E-state index contributed by atoms with van der Waals surface area (Å²) in [6.07, 6.45) is 1.58. The highest BCUT2D eigenvalue weighted by Crippen LogP contribution is 2.14. The summed E-state index contributed by atoms with van der Waals surface area (Å²) in [6.45, 7) is 3.79. The molecular weight excluding hydrogens is 290 g/mol. The van der Waals surface area contributed by atoms with E-state index >= 15 is 0 Å². The van der Waals surface area contributed by atoms with Crippen LogP contribution in [0.5, 0.6) is 5.75 Å². The van der Waals surface area contributed by atoms with Crippen LogP contribution in [-0.4, -0.2) is 25.3 Å². The number of nitrogens with zero attached hydrogens (tertiary/aromatic N) is 1. The molecule has 2 rings (SSSR count). The molecule has 120 valence electrons. The topological polar surface area (TPSA) is 62.7 Å². The highest BCUT2D eigenvalue weighted by atomic mass is 16.5. The number of carbonyl (C=O) groups excluding carboxylic acids is 1. The van der Waals surface area contributed by atoms with Gasteiger partial charge >= 0.3 is 0 Å². The van der Waals surface area contributed by atoms with E-state index in [9.17, 15) is 4.79 Å². The third kappa shape index (κ3) is 4.85. The van der Waals surface area contributed by atoms with Gasteiger partial charge in [0, 0.05) is 5.69 Å². The van der Waals surface area contributed by atoms with Crippen LogP contribution in [0.4, 0.5) is 5.69 Å². The van der Waals surface area contributed by atoms with Crippen LogP contribution in [0.15, 0.2) is 53.6 Å². The van der Waals surface area contributed by atoms with Gasteiger partial charge in [-0.1, -0.05) is 30.3 Å². The molecule has 0 aliphatic rings. The molecule has 0 aliphatic heterocycles. The molecule has 0 aliphatic carbocycles. The SMILES string of the molecule is COc1cccc(C=NNC(=O)C(C)Nc2ccccc2C)c1. The van der Waals surface area contributed by atoms with Crippen LogP contribution in [0.25, 0.3) is 0 Å². The second-order valence-corrected chi connectivity index (χ2v) is 5.19. The Hall–Kier alpha value is -2.82. The van der Waals surface area contributed by atoms with Gasteiger partial charge in [0.2, 0.25) is 0 Å². The van der Waals surface area contributed by atoms with E-state index in [0.717, 1.165) is 22.6 Å². The Kier molecular flexibility index (Phi) is 5.74. The monoisotopic (exact) mass is 311 g/mol. The van der Waals surface area contributed by atoms with E-state index < -0.39 is 6.04 Å². The van der Waals surface area contributed by atoms with Gasteiger partial charge in [-0.05, 0) is 43.2 Å². The van der Waals surface area contributed by atoms with Crippen molar-refractivity contribution in [1.82, 2.24) is 5.43 Å². The third-order valence-corrected chi connectivity index (χ3v) is 3.39. The fourth-order valence-corrected chi connectivity index (χ4v) is 2.02. The molecule has 0 saturated carbocycles. The molecule has 1 atom stereocenters. The van der Waals surface area contributed by atoms with Gasteiger partial charge in [-0.25, -0.2) is 5.43 Å². The molecule has 5 nitrogen and oxygen atoms in total. The Balaban J connectivity index is 1.91. The number of ether oxygens (including phenoxy) is 1. The summed E-state index contributed by atoms with van der Waals surface area (Å²) in [5.74, 6) is 0.544. The molecule has 23 heavy (non-hydrogen) atoms. The number of methoxy groups -OCH3 is 1. The molecule has 0 heterocycles. The summed E-state index contributed by atoms with van der Waals surface area (Å²) in [5, 5.41) is 7.15. The Labute approximate surface area is 136 Å². The summed E-state index contributed by atoms with van der Waals surface area (Å²) in [7, 11) is 1.61. The number of para-hydroxylation sites is 1. The van der Waals surface area contributed by atoms with Crippen LogP contribution >= 0.6 is 0 Å². The summed E-state index contributed by atoms with van der Waals surface area (Å²) in [6, 6.07) is 14.9. The van der Waals surface area contributed by atoms with Crippen LogP contribution in [0.2, 0.25) is 0 Å². The molecule has 5 heteroatoms. The number of benzene rings is 2. The molecular formula is C18H21N3O2. The first-order valence-electron chi connectivity index (χ1n) is 7.39. The number of amides is 1. The largest absolute Gasteiger partial charge is 0.497 e. The second-order valence-electron chi connectivity index (χ2n) is 5.19. The first-order valence-corrected chi connectivity index (χ1v) is 7.39. The van der Waals surface area contributed by atoms with Gasteiger partial charge in [0.05, 0.1) is 13.3 Å². The van der Waals surface area contributed by atoms with Crippen molar-refractivity contribution in [2.75, 3.05) is 12.4 Å². The lowest BCUT2D eigenvalue weighted by molar-refractivity contribution is -0.121. The zero-order valence-electron chi connectivity index (χ0n) is 13.5. The number of hydrazone groups is 1. The zero-order valence-corrected chi connectivity index (χ0v) is 13.5. The molecule has 0 bridgehead atoms. The van der Waals surface area contributed by atoms with Gasteiger partial charge in [0.15, 0.2) is 0 Å². The van der Waals surface area contributed by atoms with Gasteiger partial charge in [-0.2, -0.15) is 5.10 Å². The number of rotatable bonds is 6. The van der Waals surface area contributed by atoms with Crippen LogP contribution < -0.4 is 15.5 Å². The quantitative estimate of drug-likeness (QED) is 0.637. The fourth-order valence-electron chi connectivity index (χ4n) is 2.02. The second kappa shape index (κ2) is 7.98. The minimum absolute atomic E-state index is 0.201. The summed E-state index contributed by atoms with van der Waals surface area (Å²) >= 11 is 0. The lowest BCUT2D eigenvalue weighted by atomic mass is 10.2. The van der Waals surface area contributed by atoms with Crippen LogP contribution in [0, 0.1) is 6.92 Å². The van der Waals surface area contributed by atoms with Gasteiger partial charge in [0.1, 0.15) is 11.8 Å². The number of anilines is 1. The summed E-state index contributed by atoms with van der Waals surface area (Å²) in [4.78, 5) is 12.1. The number of hydrogen-bond acceptors (Lipinski definition) is 4. The normalized spacial score (nSPS) is 12.0. The van der Waals surface area contributed by atoms with Crippen molar-refractivity contribution >= 4 is 17.8 Å². The maximum absolute atomic E-state index is 12.1. The number of hydrogen-bond donors (Lipinski definition) is 2. The predicted octanol–water partition coefficient (Wildman–Crippen LogP) is 2.95. The molecule has 0 radical (unpaired) electrons. The lowest BCUT2D eigenvalue weighted by Crippen LogP contribution is -2.35. The summed E-state index contributed by atoms with van der Waals surface area (Å²) in [5.41, 5.74) is 5.41. The summed E-state index contributed by atoms with van der Waals surface area (Å²) < 4.78 is 5.14. The molecule has 1 amide bonds. The standard InChI is InChI=1S/C18H21N3O2/c1-13-7-4-5-10-17(13)20-14(2)18(22)21-19-12-15-8-6-9-16(11-15)23-3/h4-12,14,20H,1-3H3,(H,21,22). The van der Waals surface area contributed by atoms with E-state index in [1.807, 2.05) is 55.5 Å². The van der Waals surface area contributed by atoms with E-state index in [1.165, 1.54) is 0 Å². The Bertz CT molecular complexity index is 698. The molecule has 0 spiro atoms. The Morgan fingerprint density at radius 3 is 2.74 bits per heavy atom. The van der Waals surface area contributed by atoms with Crippen molar-refractivity contribution < 1.29 is 9.53 Å². The van der Waals surface area contributed by atoms with Gasteiger partial charge in [0.25, 0.3) is 5.91 Å². The Morgan fingerprint density at radius 1 is 1.22 bits per heavy atom. The van der Waals surface area contributed by atoms with Gasteiger partial charge in [-0.3, -0.25) is 4.79 Å². The minimum atomic E-state index is -0.390. The van der Waals surface area contributed by atoms with E-state index in [1.54, 1.807) is 20.2 Å². The highest BCUT2D eigenvalue weighted by molar-refractivity contribution is 5.86. The van der Waals surface area contributed by atoms with Crippen LogP contribution in [0.3, 0.4) is 0 Å². The van der Waals surface area contributed by atoms with E-state index in [2.05, 4.69) is 15.8 Å². The van der Waals surface area contributed by atoms with Crippen molar-refractivity contribution in [1.29, 1.82) is 0 Å². The van der Waals surface area contributed by atoms with Crippen LogP contribution in [-0.2, 0) is 4.79 Å². The van der Waals surface area contributed by atoms with Crippen molar-refractivity contribution in [2.45, 2.75) is 19.9 Å². The van der Waals surface area contributed by atoms with Crippen molar-refractivity contribution in [3.63, 3.8) is 0 Å². The van der Waals surface area contributed by atoms with E-state index in [4.69, 9.17) is 4.74 Å². The van der Waals surface area contributed by atoms with Gasteiger partial charge in [-0.15, -0.1) is 0 Å². The van der Waals surface area contributed by atoms with Crippen LogP contribution in [0.1, 0.15) is 18.1 Å². The predicted molar refractivity (Wildman–Crippen MR) is 93.0 cm³/mol. The smallest absolute Gasteiger partial charge is 0.262 e. The van der Waals surface area contributed by atoms with Gasteiger partial charge < -0.3 is 10.1 Å². The molecule has 2 N–H and O–H groups in total. The first kappa shape index (κ1) is 16.5. The lowest BCUT2D eigenvalue weighted by Gasteiger charge is -2.15. The maximum Gasteiger partial charge on any atom is 0.262 e. The Morgan fingerprint density at radius 2 is 2.00 bits per heavy atom.